The summed E-state index contributed by atoms with van der Waals surface area (Å²) in [4.78, 5) is 28.1. The van der Waals surface area contributed by atoms with E-state index in [1.54, 1.807) is 32.0 Å². The molecule has 1 fully saturated rings. The van der Waals surface area contributed by atoms with Gasteiger partial charge in [-0.2, -0.15) is 0 Å². The van der Waals surface area contributed by atoms with Gasteiger partial charge in [0, 0.05) is 22.1 Å². The van der Waals surface area contributed by atoms with Crippen LogP contribution in [0.1, 0.15) is 43.7 Å². The number of amides is 2. The highest BCUT2D eigenvalue weighted by molar-refractivity contribution is 9.10. The van der Waals surface area contributed by atoms with Gasteiger partial charge < -0.3 is 10.2 Å². The lowest BCUT2D eigenvalue weighted by molar-refractivity contribution is -0.139. The van der Waals surface area contributed by atoms with E-state index >= 15 is 0 Å². The van der Waals surface area contributed by atoms with Gasteiger partial charge in [-0.05, 0) is 62.1 Å². The lowest BCUT2D eigenvalue weighted by Crippen LogP contribution is -2.52. The van der Waals surface area contributed by atoms with Gasteiger partial charge in [0.2, 0.25) is 21.8 Å². The smallest absolute Gasteiger partial charge is 0.244 e. The molecule has 0 aromatic heterocycles. The maximum Gasteiger partial charge on any atom is 0.244 e. The SMILES string of the molecule is Cc1c(Cl)cccc1N(CC(=O)N(Cc1ccc(Br)cc1)[C@@H](C)C(=O)NC1CCCC1)S(C)(=O)=O. The quantitative estimate of drug-likeness (QED) is 0.465. The Morgan fingerprint density at radius 3 is 2.37 bits per heavy atom. The molecule has 1 saturated carbocycles. The van der Waals surface area contributed by atoms with Gasteiger partial charge in [-0.15, -0.1) is 0 Å². The molecule has 10 heteroatoms. The monoisotopic (exact) mass is 583 g/mol. The van der Waals surface area contributed by atoms with Crippen LogP contribution in [-0.4, -0.2) is 50.0 Å². The first kappa shape index (κ1) is 27.5. The molecule has 0 heterocycles. The van der Waals surface area contributed by atoms with Crippen LogP contribution in [0, 0.1) is 6.92 Å². The van der Waals surface area contributed by atoms with E-state index in [0.717, 1.165) is 46.3 Å². The topological polar surface area (TPSA) is 86.8 Å². The molecule has 190 valence electrons. The van der Waals surface area contributed by atoms with E-state index in [1.807, 2.05) is 24.3 Å². The van der Waals surface area contributed by atoms with Crippen molar-refractivity contribution in [2.24, 2.45) is 0 Å². The summed E-state index contributed by atoms with van der Waals surface area (Å²) in [5.41, 5.74) is 1.71. The zero-order valence-electron chi connectivity index (χ0n) is 20.1. The van der Waals surface area contributed by atoms with Crippen LogP contribution in [0.5, 0.6) is 0 Å². The summed E-state index contributed by atoms with van der Waals surface area (Å²) in [6.07, 6.45) is 5.05. The standard InChI is InChI=1S/C25H31BrClN3O4S/c1-17-22(27)9-6-10-23(17)30(35(3,33)34)16-24(31)29(15-19-11-13-20(26)14-12-19)18(2)25(32)28-21-7-4-5-8-21/h6,9-14,18,21H,4-5,7-8,15-16H2,1-3H3,(H,28,32)/t18-/m0/s1. The average molecular weight is 585 g/mol. The molecule has 35 heavy (non-hydrogen) atoms. The van der Waals surface area contributed by atoms with Crippen LogP contribution >= 0.6 is 27.5 Å². The highest BCUT2D eigenvalue weighted by Crippen LogP contribution is 2.28. The molecule has 0 bridgehead atoms. The Labute approximate surface area is 221 Å². The van der Waals surface area contributed by atoms with Gasteiger partial charge in [-0.1, -0.05) is 58.6 Å². The molecule has 1 atom stereocenters. The van der Waals surface area contributed by atoms with Gasteiger partial charge in [0.05, 0.1) is 11.9 Å². The number of anilines is 1. The van der Waals surface area contributed by atoms with Crippen LogP contribution in [-0.2, 0) is 26.2 Å². The van der Waals surface area contributed by atoms with Gasteiger partial charge in [0.15, 0.2) is 0 Å². The van der Waals surface area contributed by atoms with Crippen LogP contribution in [0.15, 0.2) is 46.9 Å². The fourth-order valence-corrected chi connectivity index (χ4v) is 5.56. The number of nitrogens with zero attached hydrogens (tertiary/aromatic N) is 2. The first-order chi connectivity index (χ1) is 16.5. The molecular formula is C25H31BrClN3O4S. The fraction of sp³-hybridized carbons (Fsp3) is 0.440. The van der Waals surface area contributed by atoms with Crippen LogP contribution in [0.2, 0.25) is 5.02 Å². The third-order valence-corrected chi connectivity index (χ3v) is 8.39. The van der Waals surface area contributed by atoms with Gasteiger partial charge in [-0.25, -0.2) is 8.42 Å². The number of hydrogen-bond donors (Lipinski definition) is 1. The third kappa shape index (κ3) is 7.21. The van der Waals surface area contributed by atoms with Gasteiger partial charge in [0.25, 0.3) is 0 Å². The number of halogens is 2. The Morgan fingerprint density at radius 1 is 1.14 bits per heavy atom. The number of rotatable bonds is 9. The first-order valence-corrected chi connectivity index (χ1v) is 14.6. The normalized spacial score (nSPS) is 15.0. The van der Waals surface area contributed by atoms with Crippen molar-refractivity contribution in [1.82, 2.24) is 10.2 Å². The minimum absolute atomic E-state index is 0.108. The van der Waals surface area contributed by atoms with Crippen molar-refractivity contribution < 1.29 is 18.0 Å². The van der Waals surface area contributed by atoms with E-state index < -0.39 is 28.5 Å². The van der Waals surface area contributed by atoms with Crippen molar-refractivity contribution in [3.63, 3.8) is 0 Å². The second-order valence-electron chi connectivity index (χ2n) is 8.97. The second kappa shape index (κ2) is 11.8. The largest absolute Gasteiger partial charge is 0.352 e. The predicted molar refractivity (Wildman–Crippen MR) is 143 cm³/mol. The van der Waals surface area contributed by atoms with Crippen LogP contribution in [0.25, 0.3) is 0 Å². The average Bonchev–Trinajstić information content (AvgIpc) is 3.31. The Bertz CT molecular complexity index is 1170. The summed E-state index contributed by atoms with van der Waals surface area (Å²) >= 11 is 9.63. The number of carbonyl (C=O) groups is 2. The van der Waals surface area contributed by atoms with E-state index in [1.165, 1.54) is 4.90 Å². The van der Waals surface area contributed by atoms with E-state index in [2.05, 4.69) is 21.2 Å². The lowest BCUT2D eigenvalue weighted by atomic mass is 10.1. The fourth-order valence-electron chi connectivity index (χ4n) is 4.22. The summed E-state index contributed by atoms with van der Waals surface area (Å²) in [5, 5.41) is 3.45. The molecule has 3 rings (SSSR count). The molecule has 0 unspecified atom stereocenters. The highest BCUT2D eigenvalue weighted by Gasteiger charge is 2.31. The van der Waals surface area contributed by atoms with Gasteiger partial charge in [0.1, 0.15) is 12.6 Å². The minimum Gasteiger partial charge on any atom is -0.352 e. The summed E-state index contributed by atoms with van der Waals surface area (Å²) in [6, 6.07) is 11.7. The van der Waals surface area contributed by atoms with Crippen molar-refractivity contribution in [2.75, 3.05) is 17.1 Å². The Kier molecular flexibility index (Phi) is 9.23. The number of sulfonamides is 1. The maximum atomic E-state index is 13.6. The van der Waals surface area contributed by atoms with E-state index in [4.69, 9.17) is 11.6 Å². The maximum absolute atomic E-state index is 13.6. The molecule has 2 aromatic rings. The summed E-state index contributed by atoms with van der Waals surface area (Å²) in [7, 11) is -3.81. The van der Waals surface area contributed by atoms with Crippen LogP contribution in [0.4, 0.5) is 5.69 Å². The van der Waals surface area contributed by atoms with Crippen LogP contribution < -0.4 is 9.62 Å². The Hall–Kier alpha value is -2.10. The van der Waals surface area contributed by atoms with Crippen molar-refractivity contribution in [2.45, 2.75) is 58.2 Å². The molecule has 0 saturated heterocycles. The van der Waals surface area contributed by atoms with E-state index in [9.17, 15) is 18.0 Å². The summed E-state index contributed by atoms with van der Waals surface area (Å²) in [5.74, 6) is -0.723. The molecule has 1 N–H and O–H groups in total. The summed E-state index contributed by atoms with van der Waals surface area (Å²) < 4.78 is 27.4. The third-order valence-electron chi connectivity index (χ3n) is 6.32. The molecule has 1 aliphatic carbocycles. The summed E-state index contributed by atoms with van der Waals surface area (Å²) in [6.45, 7) is 3.10. The minimum atomic E-state index is -3.81. The van der Waals surface area contributed by atoms with Crippen molar-refractivity contribution >= 4 is 55.1 Å². The lowest BCUT2D eigenvalue weighted by Gasteiger charge is -2.32. The predicted octanol–water partition coefficient (Wildman–Crippen LogP) is 4.65. The highest BCUT2D eigenvalue weighted by atomic mass is 79.9. The van der Waals surface area contributed by atoms with Crippen molar-refractivity contribution in [3.8, 4) is 0 Å². The Balaban J connectivity index is 1.90. The molecule has 7 nitrogen and oxygen atoms in total. The number of carbonyl (C=O) groups excluding carboxylic acids is 2. The molecule has 0 spiro atoms. The number of benzene rings is 2. The molecular weight excluding hydrogens is 554 g/mol. The van der Waals surface area contributed by atoms with Gasteiger partial charge >= 0.3 is 0 Å². The van der Waals surface area contributed by atoms with E-state index in [-0.39, 0.29) is 18.5 Å². The van der Waals surface area contributed by atoms with E-state index in [0.29, 0.717) is 16.3 Å². The zero-order valence-corrected chi connectivity index (χ0v) is 23.3. The van der Waals surface area contributed by atoms with Crippen molar-refractivity contribution in [1.29, 1.82) is 0 Å². The zero-order chi connectivity index (χ0) is 25.8. The van der Waals surface area contributed by atoms with Crippen LogP contribution in [0.3, 0.4) is 0 Å². The first-order valence-electron chi connectivity index (χ1n) is 11.5. The number of hydrogen-bond acceptors (Lipinski definition) is 4. The second-order valence-corrected chi connectivity index (χ2v) is 12.2. The Morgan fingerprint density at radius 2 is 1.77 bits per heavy atom. The molecule has 2 aromatic carbocycles. The molecule has 0 aliphatic heterocycles. The molecule has 2 amide bonds. The van der Waals surface area contributed by atoms with Crippen molar-refractivity contribution in [3.05, 3.63) is 63.1 Å². The number of nitrogens with one attached hydrogen (secondary N) is 1. The van der Waals surface area contributed by atoms with Gasteiger partial charge in [-0.3, -0.25) is 13.9 Å². The molecule has 0 radical (unpaired) electrons. The molecule has 1 aliphatic rings.